The second kappa shape index (κ2) is 10.1. The third kappa shape index (κ3) is 5.32. The SMILES string of the molecule is CC(=O)O.COc1ccc(-c2ccc3c(c2)CCCC3=NO)cc1OC1CCCC1. The van der Waals surface area contributed by atoms with Gasteiger partial charge < -0.3 is 19.8 Å². The van der Waals surface area contributed by atoms with Crippen LogP contribution < -0.4 is 9.47 Å². The van der Waals surface area contributed by atoms with Crippen LogP contribution in [-0.2, 0) is 11.2 Å². The van der Waals surface area contributed by atoms with Crippen molar-refractivity contribution in [2.45, 2.75) is 58.0 Å². The van der Waals surface area contributed by atoms with E-state index in [9.17, 15) is 5.21 Å². The molecule has 0 radical (unpaired) electrons. The number of ether oxygens (including phenoxy) is 2. The van der Waals surface area contributed by atoms with E-state index >= 15 is 0 Å². The fraction of sp³-hybridized carbons (Fsp3) is 0.417. The highest BCUT2D eigenvalue weighted by Crippen LogP contribution is 2.36. The van der Waals surface area contributed by atoms with Gasteiger partial charge in [-0.1, -0.05) is 29.4 Å². The van der Waals surface area contributed by atoms with E-state index < -0.39 is 5.97 Å². The maximum Gasteiger partial charge on any atom is 0.300 e. The zero-order chi connectivity index (χ0) is 21.5. The molecule has 0 aliphatic heterocycles. The van der Waals surface area contributed by atoms with Gasteiger partial charge in [0.25, 0.3) is 5.97 Å². The number of hydrogen-bond donors (Lipinski definition) is 2. The Morgan fingerprint density at radius 3 is 2.33 bits per heavy atom. The molecule has 2 N–H and O–H groups in total. The van der Waals surface area contributed by atoms with E-state index in [0.717, 1.165) is 72.9 Å². The molecule has 2 aliphatic carbocycles. The zero-order valence-corrected chi connectivity index (χ0v) is 17.6. The standard InChI is InChI=1S/C22H25NO3.C2H4O2/c1-25-21-12-10-16(14-22(21)26-18-6-2-3-7-18)15-9-11-19-17(13-15)5-4-8-20(19)23-24;1-2(3)4/h9-14,18,24H,2-8H2,1H3;1H3,(H,3,4). The number of oxime groups is 1. The summed E-state index contributed by atoms with van der Waals surface area (Å²) in [4.78, 5) is 9.00. The largest absolute Gasteiger partial charge is 0.493 e. The van der Waals surface area contributed by atoms with Gasteiger partial charge >= 0.3 is 0 Å². The first-order chi connectivity index (χ1) is 14.5. The van der Waals surface area contributed by atoms with E-state index in [-0.39, 0.29) is 0 Å². The highest BCUT2D eigenvalue weighted by Gasteiger charge is 2.20. The van der Waals surface area contributed by atoms with Crippen molar-refractivity contribution in [3.05, 3.63) is 47.5 Å². The number of hydrogen-bond acceptors (Lipinski definition) is 5. The Morgan fingerprint density at radius 2 is 1.67 bits per heavy atom. The van der Waals surface area contributed by atoms with Crippen molar-refractivity contribution in [3.63, 3.8) is 0 Å². The summed E-state index contributed by atoms with van der Waals surface area (Å²) < 4.78 is 11.7. The number of rotatable bonds is 4. The van der Waals surface area contributed by atoms with Gasteiger partial charge in [0.2, 0.25) is 0 Å². The average molecular weight is 411 g/mol. The molecule has 1 saturated carbocycles. The van der Waals surface area contributed by atoms with E-state index in [1.165, 1.54) is 18.4 Å². The number of benzene rings is 2. The summed E-state index contributed by atoms with van der Waals surface area (Å²) in [7, 11) is 1.69. The van der Waals surface area contributed by atoms with Crippen LogP contribution in [0.2, 0.25) is 0 Å². The highest BCUT2D eigenvalue weighted by atomic mass is 16.5. The van der Waals surface area contributed by atoms with Crippen LogP contribution in [0.25, 0.3) is 11.1 Å². The fourth-order valence-corrected chi connectivity index (χ4v) is 4.08. The molecule has 1 fully saturated rings. The molecule has 0 heterocycles. The highest BCUT2D eigenvalue weighted by molar-refractivity contribution is 6.02. The molecule has 160 valence electrons. The van der Waals surface area contributed by atoms with Crippen molar-refractivity contribution in [2.75, 3.05) is 7.11 Å². The van der Waals surface area contributed by atoms with Crippen molar-refractivity contribution in [1.82, 2.24) is 0 Å². The Labute approximate surface area is 177 Å². The molecule has 0 saturated heterocycles. The molecule has 0 unspecified atom stereocenters. The van der Waals surface area contributed by atoms with Gasteiger partial charge in [0.1, 0.15) is 0 Å². The topological polar surface area (TPSA) is 88.4 Å². The molecule has 0 spiro atoms. The summed E-state index contributed by atoms with van der Waals surface area (Å²) in [5, 5.41) is 20.1. The summed E-state index contributed by atoms with van der Waals surface area (Å²) in [6, 6.07) is 12.5. The van der Waals surface area contributed by atoms with E-state index in [0.29, 0.717) is 6.10 Å². The first kappa shape index (κ1) is 21.7. The molecule has 2 aromatic rings. The van der Waals surface area contributed by atoms with Crippen LogP contribution in [0.5, 0.6) is 11.5 Å². The zero-order valence-electron chi connectivity index (χ0n) is 17.6. The molecule has 30 heavy (non-hydrogen) atoms. The summed E-state index contributed by atoms with van der Waals surface area (Å²) in [6.07, 6.45) is 7.90. The summed E-state index contributed by atoms with van der Waals surface area (Å²) in [5.41, 5.74) is 5.38. The molecule has 0 atom stereocenters. The van der Waals surface area contributed by atoms with Crippen molar-refractivity contribution in [1.29, 1.82) is 0 Å². The number of carboxylic acids is 1. The van der Waals surface area contributed by atoms with Crippen molar-refractivity contribution < 1.29 is 24.6 Å². The Bertz CT molecular complexity index is 912. The molecule has 2 aliphatic rings. The van der Waals surface area contributed by atoms with Crippen LogP contribution in [0.4, 0.5) is 0 Å². The maximum absolute atomic E-state index is 9.21. The van der Waals surface area contributed by atoms with Crippen molar-refractivity contribution in [3.8, 4) is 22.6 Å². The molecule has 0 bridgehead atoms. The average Bonchev–Trinajstić information content (AvgIpc) is 3.25. The molecule has 0 aromatic heterocycles. The van der Waals surface area contributed by atoms with Gasteiger partial charge in [-0.25, -0.2) is 0 Å². The maximum atomic E-state index is 9.21. The Kier molecular flexibility index (Phi) is 7.33. The third-order valence-electron chi connectivity index (χ3n) is 5.49. The normalized spacial score (nSPS) is 17.1. The number of methoxy groups -OCH3 is 1. The number of carbonyl (C=O) groups is 1. The van der Waals surface area contributed by atoms with Crippen LogP contribution in [0.3, 0.4) is 0 Å². The third-order valence-corrected chi connectivity index (χ3v) is 5.49. The number of aryl methyl sites for hydroxylation is 1. The minimum Gasteiger partial charge on any atom is -0.493 e. The predicted molar refractivity (Wildman–Crippen MR) is 116 cm³/mol. The van der Waals surface area contributed by atoms with Gasteiger partial charge in [-0.2, -0.15) is 0 Å². The van der Waals surface area contributed by atoms with Crippen LogP contribution in [0, 0.1) is 0 Å². The molecule has 0 amide bonds. The molecule has 2 aromatic carbocycles. The fourth-order valence-electron chi connectivity index (χ4n) is 4.08. The van der Waals surface area contributed by atoms with Crippen LogP contribution >= 0.6 is 0 Å². The molecular weight excluding hydrogens is 382 g/mol. The van der Waals surface area contributed by atoms with E-state index in [4.69, 9.17) is 19.4 Å². The first-order valence-corrected chi connectivity index (χ1v) is 10.4. The minimum absolute atomic E-state index is 0.297. The Balaban J connectivity index is 0.000000589. The van der Waals surface area contributed by atoms with E-state index in [1.807, 2.05) is 6.07 Å². The smallest absolute Gasteiger partial charge is 0.300 e. The van der Waals surface area contributed by atoms with Gasteiger partial charge in [0, 0.05) is 12.5 Å². The van der Waals surface area contributed by atoms with Crippen LogP contribution in [-0.4, -0.2) is 35.2 Å². The lowest BCUT2D eigenvalue weighted by molar-refractivity contribution is -0.134. The van der Waals surface area contributed by atoms with Crippen LogP contribution in [0.1, 0.15) is 56.6 Å². The molecule has 6 nitrogen and oxygen atoms in total. The molecule has 4 rings (SSSR count). The number of fused-ring (bicyclic) bond motifs is 1. The second-order valence-electron chi connectivity index (χ2n) is 7.68. The van der Waals surface area contributed by atoms with E-state index in [2.05, 4.69) is 35.5 Å². The van der Waals surface area contributed by atoms with Crippen molar-refractivity contribution >= 4 is 11.7 Å². The van der Waals surface area contributed by atoms with Crippen LogP contribution in [0.15, 0.2) is 41.6 Å². The van der Waals surface area contributed by atoms with Gasteiger partial charge in [-0.05, 0) is 73.8 Å². The number of nitrogens with zero attached hydrogens (tertiary/aromatic N) is 1. The summed E-state index contributed by atoms with van der Waals surface area (Å²) in [5.74, 6) is 0.778. The lowest BCUT2D eigenvalue weighted by Gasteiger charge is -2.19. The first-order valence-electron chi connectivity index (χ1n) is 10.4. The van der Waals surface area contributed by atoms with Gasteiger partial charge in [-0.15, -0.1) is 0 Å². The van der Waals surface area contributed by atoms with Gasteiger partial charge in [0.05, 0.1) is 18.9 Å². The number of carboxylic acid groups (broad SMARTS) is 1. The minimum atomic E-state index is -0.833. The predicted octanol–water partition coefficient (Wildman–Crippen LogP) is 5.29. The quantitative estimate of drug-likeness (QED) is 0.527. The second-order valence-corrected chi connectivity index (χ2v) is 7.68. The monoisotopic (exact) mass is 411 g/mol. The molecule has 6 heteroatoms. The summed E-state index contributed by atoms with van der Waals surface area (Å²) in [6.45, 7) is 1.08. The summed E-state index contributed by atoms with van der Waals surface area (Å²) >= 11 is 0. The Hall–Kier alpha value is -3.02. The van der Waals surface area contributed by atoms with Crippen molar-refractivity contribution in [2.24, 2.45) is 5.16 Å². The van der Waals surface area contributed by atoms with Gasteiger partial charge in [-0.3, -0.25) is 4.79 Å². The van der Waals surface area contributed by atoms with Gasteiger partial charge in [0.15, 0.2) is 11.5 Å². The molecular formula is C24H29NO5. The lowest BCUT2D eigenvalue weighted by Crippen LogP contribution is -2.12. The number of aliphatic carboxylic acids is 1. The Morgan fingerprint density at radius 1 is 1.00 bits per heavy atom. The lowest BCUT2D eigenvalue weighted by atomic mass is 9.87. The van der Waals surface area contributed by atoms with E-state index in [1.54, 1.807) is 7.11 Å².